The van der Waals surface area contributed by atoms with Crippen molar-refractivity contribution in [3.05, 3.63) is 156 Å². The molecule has 6 aromatic rings. The first kappa shape index (κ1) is 31.0. The average molecular weight is 646 g/mol. The van der Waals surface area contributed by atoms with Crippen LogP contribution in [0.1, 0.15) is 41.1 Å². The van der Waals surface area contributed by atoms with Gasteiger partial charge in [0.25, 0.3) is 0 Å². The smallest absolute Gasteiger partial charge is 0.240 e. The molecule has 1 aliphatic rings. The van der Waals surface area contributed by atoms with Crippen LogP contribution in [-0.4, -0.2) is 29.2 Å². The standard InChI is InChI=1S/C38H35N3O5S/c42-25-27-14-16-29(17-15-27)37-22-32(24-41-26-39-35-12-6-7-13-36(35)41)45-38(46-37)30-20-18-28(19-21-30)34-11-5-4-8-31(34)23-40-47(43,44)33-9-2-1-3-10-33/h1-21,26,32,37-38,40,42H,22-25H2/t32-,37+,38+/m0/s1. The van der Waals surface area contributed by atoms with Gasteiger partial charge in [0.15, 0.2) is 6.29 Å². The molecule has 0 aliphatic carbocycles. The molecule has 1 fully saturated rings. The number of sulfonamides is 1. The molecular formula is C38H35N3O5S. The number of aliphatic hydroxyl groups is 1. The third-order valence-electron chi connectivity index (χ3n) is 8.56. The normalized spacial score (nSPS) is 18.4. The summed E-state index contributed by atoms with van der Waals surface area (Å²) in [5, 5.41) is 9.55. The molecule has 9 heteroatoms. The molecular weight excluding hydrogens is 611 g/mol. The van der Waals surface area contributed by atoms with Crippen LogP contribution in [0.25, 0.3) is 22.2 Å². The van der Waals surface area contributed by atoms with Gasteiger partial charge in [-0.2, -0.15) is 0 Å². The minimum absolute atomic E-state index is 0.0117. The van der Waals surface area contributed by atoms with E-state index in [2.05, 4.69) is 20.3 Å². The van der Waals surface area contributed by atoms with Gasteiger partial charge in [0.2, 0.25) is 10.0 Å². The maximum atomic E-state index is 12.9. The molecule has 47 heavy (non-hydrogen) atoms. The van der Waals surface area contributed by atoms with Gasteiger partial charge < -0.3 is 19.1 Å². The predicted octanol–water partition coefficient (Wildman–Crippen LogP) is 6.92. The Bertz CT molecular complexity index is 2060. The number of fused-ring (bicyclic) bond motifs is 1. The highest BCUT2D eigenvalue weighted by molar-refractivity contribution is 7.89. The summed E-state index contributed by atoms with van der Waals surface area (Å²) in [6.45, 7) is 0.767. The molecule has 0 saturated carbocycles. The fraction of sp³-hybridized carbons (Fsp3) is 0.184. The fourth-order valence-electron chi connectivity index (χ4n) is 6.04. The van der Waals surface area contributed by atoms with E-state index in [0.29, 0.717) is 13.0 Å². The number of rotatable bonds is 10. The van der Waals surface area contributed by atoms with Gasteiger partial charge in [-0.15, -0.1) is 0 Å². The van der Waals surface area contributed by atoms with Crippen molar-refractivity contribution in [3.8, 4) is 11.1 Å². The number of para-hydroxylation sites is 2. The molecule has 5 aromatic carbocycles. The van der Waals surface area contributed by atoms with Gasteiger partial charge >= 0.3 is 0 Å². The maximum absolute atomic E-state index is 12.9. The lowest BCUT2D eigenvalue weighted by atomic mass is 9.97. The van der Waals surface area contributed by atoms with Crippen molar-refractivity contribution < 1.29 is 23.0 Å². The van der Waals surface area contributed by atoms with E-state index >= 15 is 0 Å². The fourth-order valence-corrected chi connectivity index (χ4v) is 7.07. The Morgan fingerprint density at radius 2 is 1.49 bits per heavy atom. The van der Waals surface area contributed by atoms with Gasteiger partial charge in [0.05, 0.1) is 47.6 Å². The summed E-state index contributed by atoms with van der Waals surface area (Å²) >= 11 is 0. The Kier molecular flexibility index (Phi) is 8.97. The van der Waals surface area contributed by atoms with Crippen molar-refractivity contribution >= 4 is 21.1 Å². The first-order chi connectivity index (χ1) is 23.0. The second-order valence-electron chi connectivity index (χ2n) is 11.7. The summed E-state index contributed by atoms with van der Waals surface area (Å²) in [5.74, 6) is 0. The zero-order valence-electron chi connectivity index (χ0n) is 25.6. The highest BCUT2D eigenvalue weighted by Crippen LogP contribution is 2.39. The van der Waals surface area contributed by atoms with E-state index in [4.69, 9.17) is 9.47 Å². The largest absolute Gasteiger partial charge is 0.392 e. The summed E-state index contributed by atoms with van der Waals surface area (Å²) in [5.41, 5.74) is 7.51. The van der Waals surface area contributed by atoms with E-state index in [0.717, 1.165) is 44.4 Å². The zero-order chi connectivity index (χ0) is 32.2. The monoisotopic (exact) mass is 645 g/mol. The number of imidazole rings is 1. The molecule has 0 spiro atoms. The Hall–Kier alpha value is -4.64. The molecule has 0 bridgehead atoms. The van der Waals surface area contributed by atoms with Crippen LogP contribution in [0, 0.1) is 0 Å². The van der Waals surface area contributed by atoms with E-state index < -0.39 is 16.3 Å². The molecule has 8 nitrogen and oxygen atoms in total. The number of benzene rings is 5. The number of nitrogens with one attached hydrogen (secondary N) is 1. The second-order valence-corrected chi connectivity index (χ2v) is 13.4. The van der Waals surface area contributed by atoms with Gasteiger partial charge in [-0.1, -0.05) is 103 Å². The van der Waals surface area contributed by atoms with Crippen LogP contribution in [0.4, 0.5) is 0 Å². The van der Waals surface area contributed by atoms with Gasteiger partial charge in [0, 0.05) is 18.5 Å². The minimum atomic E-state index is -3.65. The third kappa shape index (κ3) is 6.90. The molecule has 1 aromatic heterocycles. The molecule has 1 aliphatic heterocycles. The van der Waals surface area contributed by atoms with E-state index in [-0.39, 0.29) is 30.3 Å². The number of nitrogens with zero attached hydrogens (tertiary/aromatic N) is 2. The second kappa shape index (κ2) is 13.6. The summed E-state index contributed by atoms with van der Waals surface area (Å²) in [6.07, 6.45) is 1.56. The number of hydrogen-bond donors (Lipinski definition) is 2. The van der Waals surface area contributed by atoms with E-state index in [1.54, 1.807) is 30.3 Å². The molecule has 7 rings (SSSR count). The van der Waals surface area contributed by atoms with Crippen LogP contribution in [0.3, 0.4) is 0 Å². The molecule has 238 valence electrons. The van der Waals surface area contributed by atoms with Crippen LogP contribution in [-0.2, 0) is 39.2 Å². The molecule has 0 unspecified atom stereocenters. The topological polar surface area (TPSA) is 103 Å². The summed E-state index contributed by atoms with van der Waals surface area (Å²) < 4.78 is 43.8. The minimum Gasteiger partial charge on any atom is -0.392 e. The third-order valence-corrected chi connectivity index (χ3v) is 9.98. The zero-order valence-corrected chi connectivity index (χ0v) is 26.5. The van der Waals surface area contributed by atoms with Crippen LogP contribution in [0.5, 0.6) is 0 Å². The highest BCUT2D eigenvalue weighted by Gasteiger charge is 2.32. The Morgan fingerprint density at radius 1 is 0.787 bits per heavy atom. The lowest BCUT2D eigenvalue weighted by Crippen LogP contribution is -2.32. The SMILES string of the molecule is O=S(=O)(NCc1ccccc1-c1ccc([C@@H]2O[C@H](Cn3cnc4ccccc43)C[C@H](c3ccc(CO)cc3)O2)cc1)c1ccccc1. The van der Waals surface area contributed by atoms with Gasteiger partial charge in [-0.05, 0) is 52.1 Å². The van der Waals surface area contributed by atoms with E-state index in [9.17, 15) is 13.5 Å². The van der Waals surface area contributed by atoms with Crippen LogP contribution < -0.4 is 4.72 Å². The quantitative estimate of drug-likeness (QED) is 0.168. The number of aromatic nitrogens is 2. The van der Waals surface area contributed by atoms with E-state index in [1.165, 1.54) is 0 Å². The van der Waals surface area contributed by atoms with Crippen molar-refractivity contribution in [2.75, 3.05) is 0 Å². The van der Waals surface area contributed by atoms with Crippen molar-refractivity contribution in [1.82, 2.24) is 14.3 Å². The molecule has 2 heterocycles. The van der Waals surface area contributed by atoms with Crippen LogP contribution >= 0.6 is 0 Å². The summed E-state index contributed by atoms with van der Waals surface area (Å²) in [4.78, 5) is 4.79. The van der Waals surface area contributed by atoms with Crippen LogP contribution in [0.15, 0.2) is 139 Å². The molecule has 0 amide bonds. The lowest BCUT2D eigenvalue weighted by Gasteiger charge is -2.36. The Balaban J connectivity index is 1.12. The predicted molar refractivity (Wildman–Crippen MR) is 181 cm³/mol. The number of hydrogen-bond acceptors (Lipinski definition) is 6. The van der Waals surface area contributed by atoms with Crippen molar-refractivity contribution in [3.63, 3.8) is 0 Å². The van der Waals surface area contributed by atoms with Gasteiger partial charge in [-0.25, -0.2) is 18.1 Å². The number of ether oxygens (including phenoxy) is 2. The number of aliphatic hydroxyl groups excluding tert-OH is 1. The molecule has 0 radical (unpaired) electrons. The molecule has 2 N–H and O–H groups in total. The summed E-state index contributed by atoms with van der Waals surface area (Å²) in [6, 6.07) is 40.1. The van der Waals surface area contributed by atoms with Gasteiger partial charge in [0.1, 0.15) is 0 Å². The Morgan fingerprint density at radius 3 is 2.28 bits per heavy atom. The van der Waals surface area contributed by atoms with Crippen molar-refractivity contribution in [1.29, 1.82) is 0 Å². The first-order valence-corrected chi connectivity index (χ1v) is 17.1. The highest BCUT2D eigenvalue weighted by atomic mass is 32.2. The van der Waals surface area contributed by atoms with Gasteiger partial charge in [-0.3, -0.25) is 0 Å². The molecule has 3 atom stereocenters. The molecule has 1 saturated heterocycles. The van der Waals surface area contributed by atoms with Crippen molar-refractivity contribution in [2.45, 2.75) is 49.5 Å². The summed E-state index contributed by atoms with van der Waals surface area (Å²) in [7, 11) is -3.65. The lowest BCUT2D eigenvalue weighted by molar-refractivity contribution is -0.252. The van der Waals surface area contributed by atoms with Crippen molar-refractivity contribution in [2.24, 2.45) is 0 Å². The maximum Gasteiger partial charge on any atom is 0.240 e. The first-order valence-electron chi connectivity index (χ1n) is 15.6. The van der Waals surface area contributed by atoms with E-state index in [1.807, 2.05) is 97.3 Å². The Labute approximate surface area is 274 Å². The van der Waals surface area contributed by atoms with Crippen LogP contribution in [0.2, 0.25) is 0 Å². The average Bonchev–Trinajstić information content (AvgIpc) is 3.53.